The van der Waals surface area contributed by atoms with E-state index in [-0.39, 0.29) is 12.5 Å². The Morgan fingerprint density at radius 2 is 2.08 bits per heavy atom. The highest BCUT2D eigenvalue weighted by Gasteiger charge is 2.25. The Labute approximate surface area is 212 Å². The lowest BCUT2D eigenvalue weighted by atomic mass is 10.2. The van der Waals surface area contributed by atoms with Gasteiger partial charge in [-0.15, -0.1) is 0 Å². The summed E-state index contributed by atoms with van der Waals surface area (Å²) in [4.78, 5) is 21.4. The molecule has 11 nitrogen and oxygen atoms in total. The van der Waals surface area contributed by atoms with E-state index in [4.69, 9.17) is 9.72 Å². The summed E-state index contributed by atoms with van der Waals surface area (Å²) in [6.45, 7) is 2.51. The minimum atomic E-state index is -0.195. The predicted octanol–water partition coefficient (Wildman–Crippen LogP) is 3.88. The van der Waals surface area contributed by atoms with Gasteiger partial charge < -0.3 is 15.4 Å². The van der Waals surface area contributed by atoms with Gasteiger partial charge >= 0.3 is 0 Å². The minimum absolute atomic E-state index is 0.0127. The third-order valence-corrected chi connectivity index (χ3v) is 6.19. The number of hydrogen-bond donors (Lipinski definition) is 3. The quantitative estimate of drug-likeness (QED) is 0.282. The summed E-state index contributed by atoms with van der Waals surface area (Å²) < 4.78 is 8.65. The lowest BCUT2D eigenvalue weighted by Gasteiger charge is -2.08. The molecule has 0 unspecified atom stereocenters. The molecule has 0 bridgehead atoms. The number of H-pyrrole nitrogens is 1. The van der Waals surface area contributed by atoms with Crippen molar-refractivity contribution in [2.24, 2.45) is 0 Å². The van der Waals surface area contributed by atoms with Crippen molar-refractivity contribution >= 4 is 29.0 Å². The molecular formula is C26H27N9O2. The van der Waals surface area contributed by atoms with E-state index in [2.05, 4.69) is 30.9 Å². The van der Waals surface area contributed by atoms with Crippen LogP contribution in [0.4, 0.5) is 17.5 Å². The van der Waals surface area contributed by atoms with Crippen LogP contribution in [-0.2, 0) is 16.1 Å². The molecule has 188 valence electrons. The van der Waals surface area contributed by atoms with Crippen molar-refractivity contribution in [3.05, 3.63) is 71.9 Å². The van der Waals surface area contributed by atoms with Crippen LogP contribution in [0.5, 0.6) is 0 Å². The van der Waals surface area contributed by atoms with Crippen LogP contribution >= 0.6 is 0 Å². The highest BCUT2D eigenvalue weighted by Crippen LogP contribution is 2.39. The predicted molar refractivity (Wildman–Crippen MR) is 139 cm³/mol. The molecule has 0 saturated heterocycles. The summed E-state index contributed by atoms with van der Waals surface area (Å²) >= 11 is 0. The van der Waals surface area contributed by atoms with Crippen molar-refractivity contribution in [1.29, 1.82) is 0 Å². The lowest BCUT2D eigenvalue weighted by Crippen LogP contribution is -2.17. The molecule has 0 aliphatic heterocycles. The zero-order chi connectivity index (χ0) is 25.4. The fraction of sp³-hybridized carbons (Fsp3) is 0.269. The summed E-state index contributed by atoms with van der Waals surface area (Å²) in [6, 6.07) is 11.7. The molecule has 1 aliphatic carbocycles. The van der Waals surface area contributed by atoms with E-state index in [1.54, 1.807) is 6.20 Å². The van der Waals surface area contributed by atoms with Crippen molar-refractivity contribution in [2.45, 2.75) is 32.2 Å². The number of hydrogen-bond acceptors (Lipinski definition) is 7. The maximum atomic E-state index is 11.8. The average Bonchev–Trinajstić information content (AvgIpc) is 3.24. The number of aromatic amines is 1. The Balaban J connectivity index is 1.24. The van der Waals surface area contributed by atoms with E-state index in [0.717, 1.165) is 39.7 Å². The van der Waals surface area contributed by atoms with Crippen molar-refractivity contribution in [2.75, 3.05) is 24.4 Å². The smallest absolute Gasteiger partial charge is 0.250 e. The lowest BCUT2D eigenvalue weighted by molar-refractivity contribution is -0.119. The molecule has 5 aromatic rings. The van der Waals surface area contributed by atoms with Crippen LogP contribution in [0.2, 0.25) is 0 Å². The number of aryl methyl sites for hydroxylation is 1. The molecular weight excluding hydrogens is 470 g/mol. The van der Waals surface area contributed by atoms with Crippen molar-refractivity contribution < 1.29 is 9.53 Å². The van der Waals surface area contributed by atoms with Crippen LogP contribution in [0.1, 0.15) is 35.7 Å². The molecule has 37 heavy (non-hydrogen) atoms. The third-order valence-electron chi connectivity index (χ3n) is 6.19. The van der Waals surface area contributed by atoms with Gasteiger partial charge in [0, 0.05) is 54.5 Å². The van der Waals surface area contributed by atoms with Gasteiger partial charge in [0.15, 0.2) is 5.82 Å². The van der Waals surface area contributed by atoms with Gasteiger partial charge in [-0.05, 0) is 37.5 Å². The van der Waals surface area contributed by atoms with E-state index < -0.39 is 0 Å². The second-order valence-corrected chi connectivity index (χ2v) is 9.29. The Kier molecular flexibility index (Phi) is 5.89. The minimum Gasteiger partial charge on any atom is -0.375 e. The van der Waals surface area contributed by atoms with E-state index in [1.165, 1.54) is 20.0 Å². The van der Waals surface area contributed by atoms with E-state index >= 15 is 0 Å². The SMILES string of the molecule is COCC(=O)Nc1cccc(Cn2cc(-c3cc4nc(C)cn4c(Nc4cc(C5CC5)[nH]n4)n3)cn2)c1. The highest BCUT2D eigenvalue weighted by atomic mass is 16.5. The van der Waals surface area contributed by atoms with Gasteiger partial charge in [-0.25, -0.2) is 9.97 Å². The molecule has 6 rings (SSSR count). The van der Waals surface area contributed by atoms with Crippen molar-refractivity contribution in [3.8, 4) is 11.3 Å². The first-order chi connectivity index (χ1) is 18.0. The molecule has 0 atom stereocenters. The van der Waals surface area contributed by atoms with Gasteiger partial charge in [0.1, 0.15) is 12.3 Å². The second kappa shape index (κ2) is 9.51. The molecule has 4 heterocycles. The van der Waals surface area contributed by atoms with Crippen LogP contribution in [0.25, 0.3) is 16.9 Å². The van der Waals surface area contributed by atoms with Gasteiger partial charge in [0.05, 0.1) is 24.1 Å². The number of benzene rings is 1. The number of fused-ring (bicyclic) bond motifs is 1. The van der Waals surface area contributed by atoms with Crippen molar-refractivity contribution in [3.63, 3.8) is 0 Å². The number of carbonyl (C=O) groups is 1. The first kappa shape index (κ1) is 22.9. The number of ether oxygens (including phenoxy) is 1. The monoisotopic (exact) mass is 497 g/mol. The van der Waals surface area contributed by atoms with Crippen LogP contribution in [-0.4, -0.2) is 54.0 Å². The standard InChI is InChI=1S/C26H27N9O2/c1-16-12-35-24(28-16)10-21(30-26(35)31-23-9-22(32-33-23)18-6-7-18)19-11-27-34(14-19)13-17-4-3-5-20(8-17)29-25(36)15-37-2/h3-5,8-12,14,18H,6-7,13,15H2,1-2H3,(H,29,36)(H2,30,31,32,33). The Morgan fingerprint density at radius 3 is 2.92 bits per heavy atom. The van der Waals surface area contributed by atoms with E-state index in [9.17, 15) is 4.79 Å². The largest absolute Gasteiger partial charge is 0.375 e. The highest BCUT2D eigenvalue weighted by molar-refractivity contribution is 5.91. The number of aromatic nitrogens is 7. The molecule has 1 fully saturated rings. The number of nitrogens with one attached hydrogen (secondary N) is 3. The molecule has 0 spiro atoms. The van der Waals surface area contributed by atoms with Gasteiger partial charge in [-0.3, -0.25) is 19.0 Å². The number of nitrogens with zero attached hydrogens (tertiary/aromatic N) is 6. The number of anilines is 3. The molecule has 1 amide bonds. The van der Waals surface area contributed by atoms with E-state index in [0.29, 0.717) is 24.1 Å². The Bertz CT molecular complexity index is 1580. The Morgan fingerprint density at radius 1 is 1.19 bits per heavy atom. The maximum Gasteiger partial charge on any atom is 0.250 e. The number of carbonyl (C=O) groups excluding carboxylic acids is 1. The zero-order valence-electron chi connectivity index (χ0n) is 20.6. The summed E-state index contributed by atoms with van der Waals surface area (Å²) in [6.07, 6.45) is 8.11. The number of methoxy groups -OCH3 is 1. The normalized spacial score (nSPS) is 13.2. The molecule has 4 aromatic heterocycles. The molecule has 11 heteroatoms. The molecule has 1 aromatic carbocycles. The third kappa shape index (κ3) is 5.07. The topological polar surface area (TPSA) is 127 Å². The van der Waals surface area contributed by atoms with Gasteiger partial charge in [-0.1, -0.05) is 12.1 Å². The first-order valence-electron chi connectivity index (χ1n) is 12.1. The maximum absolute atomic E-state index is 11.8. The summed E-state index contributed by atoms with van der Waals surface area (Å²) in [5.74, 6) is 1.76. The second-order valence-electron chi connectivity index (χ2n) is 9.29. The van der Waals surface area contributed by atoms with Crippen LogP contribution < -0.4 is 10.6 Å². The van der Waals surface area contributed by atoms with Crippen molar-refractivity contribution in [1.82, 2.24) is 34.3 Å². The number of imidazole rings is 1. The Hall–Kier alpha value is -4.51. The van der Waals surface area contributed by atoms with Crippen LogP contribution in [0.15, 0.2) is 55.0 Å². The summed E-state index contributed by atoms with van der Waals surface area (Å²) in [5, 5.41) is 18.3. The zero-order valence-corrected chi connectivity index (χ0v) is 20.6. The summed E-state index contributed by atoms with van der Waals surface area (Å²) in [5.41, 5.74) is 6.19. The van der Waals surface area contributed by atoms with Gasteiger partial charge in [0.25, 0.3) is 0 Å². The number of amides is 1. The molecule has 0 radical (unpaired) electrons. The summed E-state index contributed by atoms with van der Waals surface area (Å²) in [7, 11) is 1.49. The molecule has 1 saturated carbocycles. The fourth-order valence-corrected chi connectivity index (χ4v) is 4.31. The average molecular weight is 498 g/mol. The van der Waals surface area contributed by atoms with Crippen LogP contribution in [0.3, 0.4) is 0 Å². The van der Waals surface area contributed by atoms with E-state index in [1.807, 2.05) is 64.8 Å². The molecule has 1 aliphatic rings. The molecule has 3 N–H and O–H groups in total. The van der Waals surface area contributed by atoms with Crippen LogP contribution in [0, 0.1) is 6.92 Å². The fourth-order valence-electron chi connectivity index (χ4n) is 4.31. The van der Waals surface area contributed by atoms with Gasteiger partial charge in [-0.2, -0.15) is 10.2 Å². The first-order valence-corrected chi connectivity index (χ1v) is 12.1. The van der Waals surface area contributed by atoms with Gasteiger partial charge in [0.2, 0.25) is 11.9 Å². The number of rotatable bonds is 9.